The number of aliphatic hydroxyl groups is 1. The Kier molecular flexibility index (Phi) is 3.81. The van der Waals surface area contributed by atoms with E-state index in [1.54, 1.807) is 0 Å². The van der Waals surface area contributed by atoms with Crippen molar-refractivity contribution < 1.29 is 5.11 Å². The highest BCUT2D eigenvalue weighted by Crippen LogP contribution is 2.38. The third-order valence-corrected chi connectivity index (χ3v) is 4.53. The van der Waals surface area contributed by atoms with Crippen LogP contribution in [0.3, 0.4) is 0 Å². The van der Waals surface area contributed by atoms with Crippen LogP contribution >= 0.6 is 0 Å². The molecule has 3 aromatic carbocycles. The van der Waals surface area contributed by atoms with E-state index in [0.717, 1.165) is 29.2 Å². The topological polar surface area (TPSA) is 26.7 Å². The van der Waals surface area contributed by atoms with Crippen LogP contribution in [0, 0.1) is 0 Å². The van der Waals surface area contributed by atoms with E-state index >= 15 is 0 Å². The average molecular weight is 316 g/mol. The molecule has 24 heavy (non-hydrogen) atoms. The Balaban J connectivity index is 1.82. The van der Waals surface area contributed by atoms with Gasteiger partial charge in [0.05, 0.1) is 0 Å². The Morgan fingerprint density at radius 3 is 2.00 bits per heavy atom. The van der Waals surface area contributed by atoms with Crippen LogP contribution < -0.4 is 4.90 Å². The standard InChI is InChI=1S/C21H20N2O/c1-22-15-16-14-19(12-13-20(16)21(22)24)23(17-8-4-2-5-9-17)18-10-6-3-7-11-18/h2-14,21,24H,15H2,1H3. The van der Waals surface area contributed by atoms with E-state index in [1.807, 2.05) is 30.1 Å². The van der Waals surface area contributed by atoms with Gasteiger partial charge in [-0.25, -0.2) is 0 Å². The van der Waals surface area contributed by atoms with Crippen molar-refractivity contribution in [3.63, 3.8) is 0 Å². The van der Waals surface area contributed by atoms with Gasteiger partial charge in [-0.3, -0.25) is 4.90 Å². The largest absolute Gasteiger partial charge is 0.374 e. The van der Waals surface area contributed by atoms with E-state index in [9.17, 15) is 5.11 Å². The van der Waals surface area contributed by atoms with Crippen molar-refractivity contribution in [2.24, 2.45) is 0 Å². The van der Waals surface area contributed by atoms with Crippen molar-refractivity contribution in [3.8, 4) is 0 Å². The van der Waals surface area contributed by atoms with Crippen molar-refractivity contribution in [2.45, 2.75) is 12.8 Å². The third kappa shape index (κ3) is 2.58. The molecule has 1 N–H and O–H groups in total. The molecule has 0 aliphatic carbocycles. The molecule has 4 rings (SSSR count). The molecule has 3 aromatic rings. The van der Waals surface area contributed by atoms with Crippen molar-refractivity contribution in [1.29, 1.82) is 0 Å². The second kappa shape index (κ2) is 6.11. The fourth-order valence-electron chi connectivity index (χ4n) is 3.31. The maximum atomic E-state index is 10.2. The molecule has 1 aliphatic heterocycles. The van der Waals surface area contributed by atoms with Gasteiger partial charge in [-0.2, -0.15) is 0 Å². The number of para-hydroxylation sites is 2. The van der Waals surface area contributed by atoms with Gasteiger partial charge < -0.3 is 10.0 Å². The number of rotatable bonds is 3. The normalized spacial score (nSPS) is 16.8. The Hall–Kier alpha value is -2.62. The molecule has 1 atom stereocenters. The van der Waals surface area contributed by atoms with E-state index in [1.165, 1.54) is 5.56 Å². The molecule has 1 heterocycles. The van der Waals surface area contributed by atoms with E-state index in [2.05, 4.69) is 65.6 Å². The lowest BCUT2D eigenvalue weighted by atomic mass is 10.1. The van der Waals surface area contributed by atoms with Crippen LogP contribution in [0.15, 0.2) is 78.9 Å². The number of fused-ring (bicyclic) bond motifs is 1. The van der Waals surface area contributed by atoms with E-state index in [-0.39, 0.29) is 0 Å². The zero-order valence-electron chi connectivity index (χ0n) is 13.6. The molecule has 0 radical (unpaired) electrons. The number of anilines is 3. The van der Waals surface area contributed by atoms with Gasteiger partial charge in [0.15, 0.2) is 0 Å². The minimum absolute atomic E-state index is 0.504. The summed E-state index contributed by atoms with van der Waals surface area (Å²) in [6.07, 6.45) is -0.504. The molecule has 0 amide bonds. The number of hydrogen-bond donors (Lipinski definition) is 1. The first kappa shape index (κ1) is 14.9. The quantitative estimate of drug-likeness (QED) is 0.765. The van der Waals surface area contributed by atoms with Gasteiger partial charge in [-0.05, 0) is 54.6 Å². The Morgan fingerprint density at radius 1 is 0.833 bits per heavy atom. The van der Waals surface area contributed by atoms with Gasteiger partial charge in [0.1, 0.15) is 6.23 Å². The number of aliphatic hydroxyl groups excluding tert-OH is 1. The number of nitrogens with zero attached hydrogens (tertiary/aromatic N) is 2. The van der Waals surface area contributed by atoms with E-state index in [0.29, 0.717) is 0 Å². The van der Waals surface area contributed by atoms with Crippen molar-refractivity contribution in [3.05, 3.63) is 90.0 Å². The molecule has 0 fully saturated rings. The van der Waals surface area contributed by atoms with Crippen molar-refractivity contribution >= 4 is 17.1 Å². The SMILES string of the molecule is CN1Cc2cc(N(c3ccccc3)c3ccccc3)ccc2C1O. The van der Waals surface area contributed by atoms with Crippen LogP contribution in [0.4, 0.5) is 17.1 Å². The van der Waals surface area contributed by atoms with Crippen molar-refractivity contribution in [1.82, 2.24) is 4.90 Å². The maximum Gasteiger partial charge on any atom is 0.133 e. The Bertz CT molecular complexity index is 793. The van der Waals surface area contributed by atoms with Gasteiger partial charge in [0.25, 0.3) is 0 Å². The predicted molar refractivity (Wildman–Crippen MR) is 97.6 cm³/mol. The predicted octanol–water partition coefficient (Wildman–Crippen LogP) is 4.59. The lowest BCUT2D eigenvalue weighted by molar-refractivity contribution is 0.0337. The lowest BCUT2D eigenvalue weighted by Gasteiger charge is -2.26. The van der Waals surface area contributed by atoms with Gasteiger partial charge >= 0.3 is 0 Å². The Labute approximate surface area is 142 Å². The monoisotopic (exact) mass is 316 g/mol. The molecule has 0 saturated carbocycles. The molecule has 0 saturated heterocycles. The van der Waals surface area contributed by atoms with Gasteiger partial charge in [-0.15, -0.1) is 0 Å². The number of benzene rings is 3. The van der Waals surface area contributed by atoms with Gasteiger partial charge in [-0.1, -0.05) is 42.5 Å². The molecule has 1 aliphatic rings. The van der Waals surface area contributed by atoms with Gasteiger partial charge in [0.2, 0.25) is 0 Å². The smallest absolute Gasteiger partial charge is 0.133 e. The van der Waals surface area contributed by atoms with Crippen LogP contribution in [0.2, 0.25) is 0 Å². The molecule has 0 bridgehead atoms. The minimum atomic E-state index is -0.504. The fraction of sp³-hybridized carbons (Fsp3) is 0.143. The molecule has 120 valence electrons. The first-order valence-electron chi connectivity index (χ1n) is 8.15. The molecular weight excluding hydrogens is 296 g/mol. The summed E-state index contributed by atoms with van der Waals surface area (Å²) in [5, 5.41) is 10.2. The molecular formula is C21H20N2O. The summed E-state index contributed by atoms with van der Waals surface area (Å²) in [4.78, 5) is 4.19. The molecule has 0 spiro atoms. The summed E-state index contributed by atoms with van der Waals surface area (Å²) in [6, 6.07) is 27.0. The zero-order chi connectivity index (χ0) is 16.5. The highest BCUT2D eigenvalue weighted by molar-refractivity contribution is 5.77. The highest BCUT2D eigenvalue weighted by atomic mass is 16.3. The summed E-state index contributed by atoms with van der Waals surface area (Å²) in [6.45, 7) is 0.766. The van der Waals surface area contributed by atoms with Gasteiger partial charge in [0, 0.05) is 23.6 Å². The molecule has 0 aromatic heterocycles. The minimum Gasteiger partial charge on any atom is -0.374 e. The summed E-state index contributed by atoms with van der Waals surface area (Å²) in [5.74, 6) is 0. The highest BCUT2D eigenvalue weighted by Gasteiger charge is 2.26. The second-order valence-electron chi connectivity index (χ2n) is 6.18. The first-order chi connectivity index (χ1) is 11.7. The lowest BCUT2D eigenvalue weighted by Crippen LogP contribution is -2.15. The first-order valence-corrected chi connectivity index (χ1v) is 8.15. The average Bonchev–Trinajstić information content (AvgIpc) is 2.91. The maximum absolute atomic E-state index is 10.2. The summed E-state index contributed by atoms with van der Waals surface area (Å²) in [5.41, 5.74) is 5.53. The van der Waals surface area contributed by atoms with E-state index in [4.69, 9.17) is 0 Å². The Morgan fingerprint density at radius 2 is 1.42 bits per heavy atom. The van der Waals surface area contributed by atoms with Crippen LogP contribution in [0.25, 0.3) is 0 Å². The summed E-state index contributed by atoms with van der Waals surface area (Å²) >= 11 is 0. The molecule has 3 nitrogen and oxygen atoms in total. The van der Waals surface area contributed by atoms with Crippen LogP contribution in [-0.4, -0.2) is 17.1 Å². The zero-order valence-corrected chi connectivity index (χ0v) is 13.6. The third-order valence-electron chi connectivity index (χ3n) is 4.53. The second-order valence-corrected chi connectivity index (χ2v) is 6.18. The van der Waals surface area contributed by atoms with Crippen LogP contribution in [-0.2, 0) is 6.54 Å². The molecule has 1 unspecified atom stereocenters. The van der Waals surface area contributed by atoms with Crippen LogP contribution in [0.1, 0.15) is 17.4 Å². The summed E-state index contributed by atoms with van der Waals surface area (Å²) < 4.78 is 0. The van der Waals surface area contributed by atoms with Crippen molar-refractivity contribution in [2.75, 3.05) is 11.9 Å². The fourth-order valence-corrected chi connectivity index (χ4v) is 3.31. The van der Waals surface area contributed by atoms with E-state index < -0.39 is 6.23 Å². The van der Waals surface area contributed by atoms with Crippen LogP contribution in [0.5, 0.6) is 0 Å². The molecule has 3 heteroatoms. The number of hydrogen-bond acceptors (Lipinski definition) is 3. The summed E-state index contributed by atoms with van der Waals surface area (Å²) in [7, 11) is 1.94.